The Morgan fingerprint density at radius 2 is 1.82 bits per heavy atom. The quantitative estimate of drug-likeness (QED) is 0.500. The third-order valence-electron chi connectivity index (χ3n) is 5.11. The molecule has 0 radical (unpaired) electrons. The Morgan fingerprint density at radius 3 is 2.45 bits per heavy atom. The van der Waals surface area contributed by atoms with Crippen molar-refractivity contribution in [1.82, 2.24) is 0 Å². The minimum absolute atomic E-state index is 0.189. The Bertz CT molecular complexity index is 435. The topological polar surface area (TPSA) is 9.23 Å². The predicted molar refractivity (Wildman–Crippen MR) is 91.0 cm³/mol. The van der Waals surface area contributed by atoms with Crippen LogP contribution in [0.25, 0.3) is 0 Å². The summed E-state index contributed by atoms with van der Waals surface area (Å²) in [5.74, 6) is 1.65. The first-order valence-corrected chi connectivity index (χ1v) is 9.16. The molecule has 0 atom stereocenters. The Balaban J connectivity index is 1.84. The minimum Gasteiger partial charge on any atom is -0.491 e. The predicted octanol–water partition coefficient (Wildman–Crippen LogP) is 6.47. The lowest BCUT2D eigenvalue weighted by Gasteiger charge is -2.28. The zero-order chi connectivity index (χ0) is 15.8. The molecule has 0 bridgehead atoms. The van der Waals surface area contributed by atoms with Crippen molar-refractivity contribution in [3.63, 3.8) is 0 Å². The standard InChI is InChI=1S/C20H31FO/c1-3-5-6-7-14-22-20-13-12-18(15-19(20)21)17-10-8-16(4-2)9-11-17/h12-13,15-17H,3-11,14H2,1-2H3/t16-,17-. The Kier molecular flexibility index (Phi) is 7.21. The molecule has 1 aliphatic rings. The molecule has 2 rings (SSSR count). The van der Waals surface area contributed by atoms with Crippen molar-refractivity contribution >= 4 is 0 Å². The summed E-state index contributed by atoms with van der Waals surface area (Å²) in [6, 6.07) is 5.61. The maximum absolute atomic E-state index is 14.2. The third kappa shape index (κ3) is 5.00. The number of hydrogen-bond donors (Lipinski definition) is 0. The van der Waals surface area contributed by atoms with Gasteiger partial charge >= 0.3 is 0 Å². The number of ether oxygens (including phenoxy) is 1. The number of hydrogen-bond acceptors (Lipinski definition) is 1. The highest BCUT2D eigenvalue weighted by atomic mass is 19.1. The second-order valence-electron chi connectivity index (χ2n) is 6.72. The molecular formula is C20H31FO. The highest BCUT2D eigenvalue weighted by molar-refractivity contribution is 5.31. The summed E-state index contributed by atoms with van der Waals surface area (Å²) >= 11 is 0. The number of rotatable bonds is 8. The van der Waals surface area contributed by atoms with E-state index in [1.165, 1.54) is 44.9 Å². The van der Waals surface area contributed by atoms with Crippen molar-refractivity contribution in [3.8, 4) is 5.75 Å². The molecule has 1 saturated carbocycles. The van der Waals surface area contributed by atoms with Gasteiger partial charge in [0.25, 0.3) is 0 Å². The third-order valence-corrected chi connectivity index (χ3v) is 5.11. The number of halogens is 1. The maximum atomic E-state index is 14.2. The van der Waals surface area contributed by atoms with Crippen LogP contribution >= 0.6 is 0 Å². The van der Waals surface area contributed by atoms with E-state index in [-0.39, 0.29) is 5.82 Å². The zero-order valence-electron chi connectivity index (χ0n) is 14.2. The molecule has 0 aromatic heterocycles. The molecule has 22 heavy (non-hydrogen) atoms. The fraction of sp³-hybridized carbons (Fsp3) is 0.700. The van der Waals surface area contributed by atoms with Gasteiger partial charge in [-0.2, -0.15) is 0 Å². The van der Waals surface area contributed by atoms with E-state index in [1.807, 2.05) is 6.07 Å². The zero-order valence-corrected chi connectivity index (χ0v) is 14.2. The van der Waals surface area contributed by atoms with E-state index in [2.05, 4.69) is 19.9 Å². The molecule has 0 aliphatic heterocycles. The van der Waals surface area contributed by atoms with Crippen LogP contribution in [0.1, 0.15) is 83.1 Å². The number of benzene rings is 1. The van der Waals surface area contributed by atoms with E-state index in [4.69, 9.17) is 4.74 Å². The van der Waals surface area contributed by atoms with Gasteiger partial charge in [0.05, 0.1) is 6.61 Å². The van der Waals surface area contributed by atoms with Crippen LogP contribution in [0.3, 0.4) is 0 Å². The van der Waals surface area contributed by atoms with Gasteiger partial charge in [0.1, 0.15) is 0 Å². The largest absolute Gasteiger partial charge is 0.491 e. The molecule has 1 aromatic rings. The lowest BCUT2D eigenvalue weighted by molar-refractivity contribution is 0.289. The van der Waals surface area contributed by atoms with Crippen LogP contribution in [-0.4, -0.2) is 6.61 Å². The molecular weight excluding hydrogens is 275 g/mol. The molecule has 1 aromatic carbocycles. The van der Waals surface area contributed by atoms with E-state index in [0.717, 1.165) is 24.3 Å². The molecule has 0 unspecified atom stereocenters. The van der Waals surface area contributed by atoms with E-state index in [9.17, 15) is 4.39 Å². The summed E-state index contributed by atoms with van der Waals surface area (Å²) < 4.78 is 19.8. The van der Waals surface area contributed by atoms with E-state index >= 15 is 0 Å². The molecule has 0 heterocycles. The highest BCUT2D eigenvalue weighted by Gasteiger charge is 2.22. The minimum atomic E-state index is -0.189. The van der Waals surface area contributed by atoms with Crippen molar-refractivity contribution in [2.75, 3.05) is 6.61 Å². The Hall–Kier alpha value is -1.05. The van der Waals surface area contributed by atoms with Gasteiger partial charge in [0.15, 0.2) is 11.6 Å². The van der Waals surface area contributed by atoms with E-state index in [1.54, 1.807) is 6.07 Å². The van der Waals surface area contributed by atoms with Gasteiger partial charge in [-0.15, -0.1) is 0 Å². The first-order valence-electron chi connectivity index (χ1n) is 9.16. The van der Waals surface area contributed by atoms with Crippen LogP contribution in [0.15, 0.2) is 18.2 Å². The molecule has 0 amide bonds. The van der Waals surface area contributed by atoms with Gasteiger partial charge in [0.2, 0.25) is 0 Å². The Morgan fingerprint density at radius 1 is 1.05 bits per heavy atom. The van der Waals surface area contributed by atoms with Crippen molar-refractivity contribution in [3.05, 3.63) is 29.6 Å². The van der Waals surface area contributed by atoms with Crippen LogP contribution < -0.4 is 4.74 Å². The summed E-state index contributed by atoms with van der Waals surface area (Å²) in [6.07, 6.45) is 10.9. The van der Waals surface area contributed by atoms with Crippen molar-refractivity contribution in [2.45, 2.75) is 77.6 Å². The Labute approximate surface area is 135 Å². The maximum Gasteiger partial charge on any atom is 0.165 e. The average molecular weight is 306 g/mol. The summed E-state index contributed by atoms with van der Waals surface area (Å²) in [5, 5.41) is 0. The summed E-state index contributed by atoms with van der Waals surface area (Å²) in [7, 11) is 0. The van der Waals surface area contributed by atoms with Crippen molar-refractivity contribution in [1.29, 1.82) is 0 Å². The molecule has 2 heteroatoms. The van der Waals surface area contributed by atoms with Gasteiger partial charge < -0.3 is 4.74 Å². The molecule has 1 aliphatic carbocycles. The van der Waals surface area contributed by atoms with Gasteiger partial charge in [-0.1, -0.05) is 45.6 Å². The van der Waals surface area contributed by atoms with Crippen LogP contribution in [0.5, 0.6) is 5.75 Å². The summed E-state index contributed by atoms with van der Waals surface area (Å²) in [6.45, 7) is 5.09. The van der Waals surface area contributed by atoms with E-state index in [0.29, 0.717) is 18.3 Å². The van der Waals surface area contributed by atoms with E-state index < -0.39 is 0 Å². The highest BCUT2D eigenvalue weighted by Crippen LogP contribution is 2.37. The second kappa shape index (κ2) is 9.17. The first kappa shape index (κ1) is 17.3. The molecule has 0 N–H and O–H groups in total. The molecule has 0 saturated heterocycles. The molecule has 124 valence electrons. The van der Waals surface area contributed by atoms with Crippen LogP contribution in [0.2, 0.25) is 0 Å². The first-order chi connectivity index (χ1) is 10.7. The molecule has 0 spiro atoms. The van der Waals surface area contributed by atoms with Gasteiger partial charge in [0, 0.05) is 0 Å². The van der Waals surface area contributed by atoms with Crippen LogP contribution in [-0.2, 0) is 0 Å². The molecule has 1 nitrogen and oxygen atoms in total. The van der Waals surface area contributed by atoms with Crippen LogP contribution in [0, 0.1) is 11.7 Å². The fourth-order valence-electron chi connectivity index (χ4n) is 3.50. The monoisotopic (exact) mass is 306 g/mol. The molecule has 1 fully saturated rings. The van der Waals surface area contributed by atoms with Crippen molar-refractivity contribution < 1.29 is 9.13 Å². The van der Waals surface area contributed by atoms with Gasteiger partial charge in [-0.05, 0) is 61.6 Å². The lowest BCUT2D eigenvalue weighted by atomic mass is 9.78. The average Bonchev–Trinajstić information content (AvgIpc) is 2.56. The smallest absolute Gasteiger partial charge is 0.165 e. The summed E-state index contributed by atoms with van der Waals surface area (Å²) in [4.78, 5) is 0. The normalized spacial score (nSPS) is 21.8. The summed E-state index contributed by atoms with van der Waals surface area (Å²) in [5.41, 5.74) is 1.16. The fourth-order valence-corrected chi connectivity index (χ4v) is 3.50. The van der Waals surface area contributed by atoms with Crippen LogP contribution in [0.4, 0.5) is 4.39 Å². The van der Waals surface area contributed by atoms with Gasteiger partial charge in [-0.25, -0.2) is 4.39 Å². The lowest BCUT2D eigenvalue weighted by Crippen LogP contribution is -2.12. The second-order valence-corrected chi connectivity index (χ2v) is 6.72. The van der Waals surface area contributed by atoms with Crippen molar-refractivity contribution in [2.24, 2.45) is 5.92 Å². The SMILES string of the molecule is CCCCCCOc1ccc([C@H]2CC[C@H](CC)CC2)cc1F. The number of unbranched alkanes of at least 4 members (excludes halogenated alkanes) is 3. The van der Waals surface area contributed by atoms with Gasteiger partial charge in [-0.3, -0.25) is 0 Å².